The Balaban J connectivity index is 1.68. The number of rotatable bonds is 8. The Labute approximate surface area is 167 Å². The van der Waals surface area contributed by atoms with Crippen LogP contribution >= 0.6 is 15.9 Å². The van der Waals surface area contributed by atoms with E-state index >= 15 is 0 Å². The van der Waals surface area contributed by atoms with Gasteiger partial charge in [-0.25, -0.2) is 13.1 Å². The maximum Gasteiger partial charge on any atom is 0.251 e. The molecule has 0 heterocycles. The minimum absolute atomic E-state index is 0.115. The molecule has 2 aromatic rings. The van der Waals surface area contributed by atoms with Gasteiger partial charge in [-0.05, 0) is 54.8 Å². The second-order valence-electron chi connectivity index (χ2n) is 6.46. The molecule has 27 heavy (non-hydrogen) atoms. The number of nitrogens with one attached hydrogen (secondary N) is 2. The van der Waals surface area contributed by atoms with Gasteiger partial charge in [-0.1, -0.05) is 28.1 Å². The molecule has 0 atom stereocenters. The van der Waals surface area contributed by atoms with E-state index in [1.165, 1.54) is 31.4 Å². The summed E-state index contributed by atoms with van der Waals surface area (Å²) in [6, 6.07) is 13.8. The fourth-order valence-corrected chi connectivity index (χ4v) is 4.09. The predicted octanol–water partition coefficient (Wildman–Crippen LogP) is 2.79. The molecular formula is C19H21BrN2O4S. The van der Waals surface area contributed by atoms with Crippen molar-refractivity contribution >= 4 is 31.9 Å². The summed E-state index contributed by atoms with van der Waals surface area (Å²) in [5.74, 6) is -0.216. The van der Waals surface area contributed by atoms with Crippen molar-refractivity contribution in [2.75, 3.05) is 20.3 Å². The molecule has 1 amide bonds. The third kappa shape index (κ3) is 4.76. The number of benzene rings is 2. The SMILES string of the molecule is COCCNS(=O)(=O)c1ccc(C(=O)NC2(c3ccc(Br)cc3)CC2)cc1. The summed E-state index contributed by atoms with van der Waals surface area (Å²) in [6.07, 6.45) is 1.77. The molecule has 0 aliphatic heterocycles. The van der Waals surface area contributed by atoms with E-state index in [1.54, 1.807) is 0 Å². The summed E-state index contributed by atoms with van der Waals surface area (Å²) in [7, 11) is -2.11. The van der Waals surface area contributed by atoms with Gasteiger partial charge in [0.15, 0.2) is 0 Å². The average Bonchev–Trinajstić information content (AvgIpc) is 3.43. The Morgan fingerprint density at radius 2 is 1.74 bits per heavy atom. The van der Waals surface area contributed by atoms with Crippen LogP contribution in [0.25, 0.3) is 0 Å². The van der Waals surface area contributed by atoms with Crippen molar-refractivity contribution in [1.29, 1.82) is 0 Å². The monoisotopic (exact) mass is 452 g/mol. The Kier molecular flexibility index (Phi) is 6.00. The molecule has 144 valence electrons. The minimum atomic E-state index is -3.61. The lowest BCUT2D eigenvalue weighted by molar-refractivity contribution is 0.0930. The van der Waals surface area contributed by atoms with Crippen LogP contribution in [0.15, 0.2) is 57.9 Å². The average molecular weight is 453 g/mol. The normalized spacial score (nSPS) is 15.3. The first-order valence-electron chi connectivity index (χ1n) is 8.54. The van der Waals surface area contributed by atoms with Crippen molar-refractivity contribution in [1.82, 2.24) is 10.0 Å². The summed E-state index contributed by atoms with van der Waals surface area (Å²) < 4.78 is 32.6. The van der Waals surface area contributed by atoms with Crippen LogP contribution < -0.4 is 10.0 Å². The summed E-state index contributed by atoms with van der Waals surface area (Å²) in [4.78, 5) is 12.7. The number of ether oxygens (including phenoxy) is 1. The summed E-state index contributed by atoms with van der Waals surface area (Å²) in [5.41, 5.74) is 1.17. The van der Waals surface area contributed by atoms with E-state index in [0.29, 0.717) is 5.56 Å². The van der Waals surface area contributed by atoms with Crippen LogP contribution in [-0.2, 0) is 20.3 Å². The standard InChI is InChI=1S/C19H21BrN2O4S/c1-26-13-12-21-27(24,25)17-8-2-14(3-9-17)18(23)22-19(10-11-19)15-4-6-16(20)7-5-15/h2-9,21H,10-13H2,1H3,(H,22,23). The number of carbonyl (C=O) groups excluding carboxylic acids is 1. The summed E-state index contributed by atoms with van der Waals surface area (Å²) >= 11 is 3.41. The zero-order valence-corrected chi connectivity index (χ0v) is 17.3. The molecule has 0 spiro atoms. The first kappa shape index (κ1) is 20.0. The van der Waals surface area contributed by atoms with E-state index in [4.69, 9.17) is 4.74 Å². The van der Waals surface area contributed by atoms with Gasteiger partial charge in [0.25, 0.3) is 5.91 Å². The number of hydrogen-bond acceptors (Lipinski definition) is 4. The number of hydrogen-bond donors (Lipinski definition) is 2. The van der Waals surface area contributed by atoms with Crippen molar-refractivity contribution in [3.05, 3.63) is 64.1 Å². The van der Waals surface area contributed by atoms with E-state index < -0.39 is 10.0 Å². The zero-order valence-electron chi connectivity index (χ0n) is 14.9. The van der Waals surface area contributed by atoms with Crippen molar-refractivity contribution in [3.8, 4) is 0 Å². The van der Waals surface area contributed by atoms with Crippen molar-refractivity contribution in [3.63, 3.8) is 0 Å². The summed E-state index contributed by atoms with van der Waals surface area (Å²) in [5, 5.41) is 3.08. The molecule has 2 aromatic carbocycles. The molecule has 1 aliphatic carbocycles. The Morgan fingerprint density at radius 3 is 2.30 bits per heavy atom. The lowest BCUT2D eigenvalue weighted by Gasteiger charge is -2.18. The van der Waals surface area contributed by atoms with Crippen LogP contribution in [-0.4, -0.2) is 34.6 Å². The molecule has 2 N–H and O–H groups in total. The highest BCUT2D eigenvalue weighted by Crippen LogP contribution is 2.45. The van der Waals surface area contributed by atoms with E-state index in [2.05, 4.69) is 26.0 Å². The van der Waals surface area contributed by atoms with Gasteiger partial charge in [0.05, 0.1) is 17.0 Å². The maximum absolute atomic E-state index is 12.6. The second kappa shape index (κ2) is 8.10. The lowest BCUT2D eigenvalue weighted by atomic mass is 10.0. The number of methoxy groups -OCH3 is 1. The van der Waals surface area contributed by atoms with Gasteiger partial charge < -0.3 is 10.1 Å². The molecule has 0 saturated heterocycles. The third-order valence-corrected chi connectivity index (χ3v) is 6.53. The van der Waals surface area contributed by atoms with Gasteiger partial charge in [-0.15, -0.1) is 0 Å². The Bertz CT molecular complexity index is 908. The van der Waals surface area contributed by atoms with Crippen LogP contribution in [0.4, 0.5) is 0 Å². The Morgan fingerprint density at radius 1 is 1.11 bits per heavy atom. The molecule has 1 aliphatic rings. The molecule has 0 unspecified atom stereocenters. The van der Waals surface area contributed by atoms with E-state index in [-0.39, 0.29) is 29.5 Å². The third-order valence-electron chi connectivity index (χ3n) is 4.52. The number of amides is 1. The molecule has 3 rings (SSSR count). The number of sulfonamides is 1. The highest BCUT2D eigenvalue weighted by atomic mass is 79.9. The topological polar surface area (TPSA) is 84.5 Å². The molecule has 0 aromatic heterocycles. The largest absolute Gasteiger partial charge is 0.383 e. The molecular weight excluding hydrogens is 432 g/mol. The van der Waals surface area contributed by atoms with Gasteiger partial charge in [-0.3, -0.25) is 4.79 Å². The predicted molar refractivity (Wildman–Crippen MR) is 106 cm³/mol. The van der Waals surface area contributed by atoms with E-state index in [0.717, 1.165) is 22.9 Å². The van der Waals surface area contributed by atoms with Crippen molar-refractivity contribution in [2.45, 2.75) is 23.3 Å². The van der Waals surface area contributed by atoms with Crippen molar-refractivity contribution in [2.24, 2.45) is 0 Å². The summed E-state index contributed by atoms with van der Waals surface area (Å²) in [6.45, 7) is 0.481. The molecule has 0 bridgehead atoms. The van der Waals surface area contributed by atoms with Crippen LogP contribution in [0, 0.1) is 0 Å². The fourth-order valence-electron chi connectivity index (χ4n) is 2.82. The zero-order chi connectivity index (χ0) is 19.5. The second-order valence-corrected chi connectivity index (χ2v) is 9.14. The minimum Gasteiger partial charge on any atom is -0.383 e. The van der Waals surface area contributed by atoms with Gasteiger partial charge in [0, 0.05) is 23.7 Å². The van der Waals surface area contributed by atoms with Gasteiger partial charge in [-0.2, -0.15) is 0 Å². The highest BCUT2D eigenvalue weighted by molar-refractivity contribution is 9.10. The Hall–Kier alpha value is -1.74. The fraction of sp³-hybridized carbons (Fsp3) is 0.316. The van der Waals surface area contributed by atoms with Gasteiger partial charge >= 0.3 is 0 Å². The smallest absolute Gasteiger partial charge is 0.251 e. The molecule has 8 heteroatoms. The first-order valence-corrected chi connectivity index (χ1v) is 10.8. The van der Waals surface area contributed by atoms with Crippen LogP contribution in [0.5, 0.6) is 0 Å². The van der Waals surface area contributed by atoms with Crippen LogP contribution in [0.1, 0.15) is 28.8 Å². The molecule has 1 saturated carbocycles. The van der Waals surface area contributed by atoms with Crippen LogP contribution in [0.3, 0.4) is 0 Å². The number of halogens is 1. The van der Waals surface area contributed by atoms with Crippen molar-refractivity contribution < 1.29 is 17.9 Å². The van der Waals surface area contributed by atoms with E-state index in [1.807, 2.05) is 24.3 Å². The van der Waals surface area contributed by atoms with E-state index in [9.17, 15) is 13.2 Å². The van der Waals surface area contributed by atoms with Gasteiger partial charge in [0.2, 0.25) is 10.0 Å². The molecule has 0 radical (unpaired) electrons. The molecule has 1 fully saturated rings. The quantitative estimate of drug-likeness (QED) is 0.603. The highest BCUT2D eigenvalue weighted by Gasteiger charge is 2.45. The number of carbonyl (C=O) groups is 1. The molecule has 6 nitrogen and oxygen atoms in total. The maximum atomic E-state index is 12.6. The van der Waals surface area contributed by atoms with Crippen LogP contribution in [0.2, 0.25) is 0 Å². The van der Waals surface area contributed by atoms with Gasteiger partial charge in [0.1, 0.15) is 0 Å². The first-order chi connectivity index (χ1) is 12.9. The lowest BCUT2D eigenvalue weighted by Crippen LogP contribution is -2.34.